The molecule has 10 heteroatoms. The lowest BCUT2D eigenvalue weighted by molar-refractivity contribution is -0.385. The molecule has 1 N–H and O–H groups in total. The second-order valence-corrected chi connectivity index (χ2v) is 5.98. The highest BCUT2D eigenvalue weighted by Gasteiger charge is 2.28. The number of aromatic nitrogens is 1. The summed E-state index contributed by atoms with van der Waals surface area (Å²) in [5.41, 5.74) is -0.273. The second-order valence-electron chi connectivity index (χ2n) is 5.98. The van der Waals surface area contributed by atoms with Crippen LogP contribution in [0.1, 0.15) is 19.6 Å². The molecular weight excluding hydrogens is 358 g/mol. The number of anilines is 1. The summed E-state index contributed by atoms with van der Waals surface area (Å²) in [6, 6.07) is 7.16. The van der Waals surface area contributed by atoms with Crippen LogP contribution in [-0.2, 0) is 14.3 Å². The van der Waals surface area contributed by atoms with Crippen LogP contribution in [0.25, 0.3) is 0 Å². The predicted molar refractivity (Wildman–Crippen MR) is 93.2 cm³/mol. The molecule has 10 nitrogen and oxygen atoms in total. The molecule has 0 aliphatic carbocycles. The van der Waals surface area contributed by atoms with Crippen molar-refractivity contribution < 1.29 is 28.5 Å². The van der Waals surface area contributed by atoms with Crippen LogP contribution in [0.3, 0.4) is 0 Å². The number of esters is 1. The van der Waals surface area contributed by atoms with Crippen molar-refractivity contribution in [2.45, 2.75) is 26.9 Å². The Morgan fingerprint density at radius 2 is 2.04 bits per heavy atom. The molecule has 1 aromatic heterocycles. The lowest BCUT2D eigenvalue weighted by atomic mass is 10.1. The Morgan fingerprint density at radius 3 is 2.63 bits per heavy atom. The van der Waals surface area contributed by atoms with Gasteiger partial charge in [0.1, 0.15) is 5.76 Å². The first kappa shape index (κ1) is 19.9. The number of carbonyl (C=O) groups excluding carboxylic acids is 2. The molecule has 0 saturated heterocycles. The van der Waals surface area contributed by atoms with Crippen LogP contribution in [0.4, 0.5) is 11.5 Å². The Kier molecular flexibility index (Phi) is 6.47. The van der Waals surface area contributed by atoms with Crippen LogP contribution >= 0.6 is 0 Å². The number of nitrogens with one attached hydrogen (secondary N) is 1. The lowest BCUT2D eigenvalue weighted by Gasteiger charge is -2.20. The number of ether oxygens (including phenoxy) is 2. The number of aryl methyl sites for hydroxylation is 1. The first-order valence-electron chi connectivity index (χ1n) is 8.07. The highest BCUT2D eigenvalue weighted by atomic mass is 16.6. The molecule has 0 aliphatic rings. The van der Waals surface area contributed by atoms with Gasteiger partial charge in [-0.2, -0.15) is 0 Å². The van der Waals surface area contributed by atoms with Crippen molar-refractivity contribution in [2.75, 3.05) is 11.9 Å². The van der Waals surface area contributed by atoms with E-state index in [1.807, 2.05) is 0 Å². The molecule has 27 heavy (non-hydrogen) atoms. The topological polar surface area (TPSA) is 134 Å². The van der Waals surface area contributed by atoms with Crippen molar-refractivity contribution in [1.29, 1.82) is 0 Å². The molecule has 0 fully saturated rings. The minimum atomic E-state index is -1.09. The van der Waals surface area contributed by atoms with Crippen LogP contribution in [0.5, 0.6) is 5.75 Å². The number of nitro groups is 1. The van der Waals surface area contributed by atoms with Crippen molar-refractivity contribution in [2.24, 2.45) is 5.92 Å². The first-order valence-corrected chi connectivity index (χ1v) is 8.07. The van der Waals surface area contributed by atoms with Gasteiger partial charge in [-0.1, -0.05) is 31.1 Å². The van der Waals surface area contributed by atoms with Crippen LogP contribution in [0.15, 0.2) is 34.9 Å². The van der Waals surface area contributed by atoms with Gasteiger partial charge in [-0.3, -0.25) is 14.9 Å². The maximum absolute atomic E-state index is 12.3. The minimum Gasteiger partial charge on any atom is -0.475 e. The van der Waals surface area contributed by atoms with E-state index in [2.05, 4.69) is 10.5 Å². The molecule has 0 spiro atoms. The molecule has 1 atom stereocenters. The van der Waals surface area contributed by atoms with E-state index in [9.17, 15) is 19.7 Å². The number of amides is 1. The van der Waals surface area contributed by atoms with Gasteiger partial charge in [-0.05, 0) is 18.9 Å². The van der Waals surface area contributed by atoms with Gasteiger partial charge in [-0.15, -0.1) is 0 Å². The quantitative estimate of drug-likeness (QED) is 0.421. The van der Waals surface area contributed by atoms with Crippen molar-refractivity contribution >= 4 is 23.4 Å². The third-order valence-corrected chi connectivity index (χ3v) is 3.41. The Morgan fingerprint density at radius 1 is 1.33 bits per heavy atom. The lowest BCUT2D eigenvalue weighted by Crippen LogP contribution is -2.37. The summed E-state index contributed by atoms with van der Waals surface area (Å²) in [6.07, 6.45) is -1.09. The summed E-state index contributed by atoms with van der Waals surface area (Å²) in [6.45, 7) is 4.50. The Balaban J connectivity index is 1.97. The molecule has 2 rings (SSSR count). The van der Waals surface area contributed by atoms with Crippen LogP contribution < -0.4 is 10.1 Å². The second kappa shape index (κ2) is 8.79. The minimum absolute atomic E-state index is 0.0666. The average molecular weight is 377 g/mol. The third kappa shape index (κ3) is 5.53. The number of rotatable bonds is 8. The Labute approximate surface area is 154 Å². The van der Waals surface area contributed by atoms with Gasteiger partial charge >= 0.3 is 11.7 Å². The number of para-hydroxylation sites is 2. The molecule has 1 aromatic carbocycles. The third-order valence-electron chi connectivity index (χ3n) is 3.41. The van der Waals surface area contributed by atoms with Gasteiger partial charge in [0, 0.05) is 12.1 Å². The van der Waals surface area contributed by atoms with Gasteiger partial charge in [0.15, 0.2) is 24.3 Å². The molecule has 0 aliphatic heterocycles. The van der Waals surface area contributed by atoms with E-state index in [1.165, 1.54) is 30.3 Å². The fraction of sp³-hybridized carbons (Fsp3) is 0.353. The molecule has 0 unspecified atom stereocenters. The van der Waals surface area contributed by atoms with E-state index in [0.717, 1.165) is 0 Å². The molecule has 0 saturated carbocycles. The smallest absolute Gasteiger partial charge is 0.344 e. The normalized spacial score (nSPS) is 11.7. The monoisotopic (exact) mass is 377 g/mol. The number of nitrogens with zero attached hydrogens (tertiary/aromatic N) is 2. The summed E-state index contributed by atoms with van der Waals surface area (Å²) in [4.78, 5) is 34.7. The van der Waals surface area contributed by atoms with Gasteiger partial charge < -0.3 is 19.3 Å². The summed E-state index contributed by atoms with van der Waals surface area (Å²) in [5, 5.41) is 17.1. The summed E-state index contributed by atoms with van der Waals surface area (Å²) >= 11 is 0. The van der Waals surface area contributed by atoms with Crippen molar-refractivity contribution in [3.63, 3.8) is 0 Å². The summed E-state index contributed by atoms with van der Waals surface area (Å²) < 4.78 is 15.2. The molecule has 0 radical (unpaired) electrons. The van der Waals surface area contributed by atoms with Gasteiger partial charge in [0.2, 0.25) is 0 Å². The van der Waals surface area contributed by atoms with E-state index in [1.54, 1.807) is 20.8 Å². The zero-order valence-electron chi connectivity index (χ0n) is 15.0. The first-order chi connectivity index (χ1) is 12.8. The average Bonchev–Trinajstić information content (AvgIpc) is 3.02. The number of carbonyl (C=O) groups is 2. The molecule has 144 valence electrons. The van der Waals surface area contributed by atoms with Crippen molar-refractivity contribution in [1.82, 2.24) is 5.16 Å². The molecule has 2 aromatic rings. The van der Waals surface area contributed by atoms with E-state index in [0.29, 0.717) is 5.76 Å². The molecular formula is C17H19N3O7. The number of nitro benzene ring substituents is 1. The van der Waals surface area contributed by atoms with Crippen LogP contribution in [-0.4, -0.2) is 34.7 Å². The highest BCUT2D eigenvalue weighted by molar-refractivity contribution is 5.94. The fourth-order valence-corrected chi connectivity index (χ4v) is 2.16. The molecule has 1 heterocycles. The Hall–Kier alpha value is -3.43. The van der Waals surface area contributed by atoms with E-state index in [-0.39, 0.29) is 23.2 Å². The van der Waals surface area contributed by atoms with Crippen molar-refractivity contribution in [3.05, 3.63) is 46.2 Å². The molecule has 0 bridgehead atoms. The SMILES string of the molecule is Cc1cc(NC(=O)[C@@H](OC(=O)COc2ccccc2[N+](=O)[O-])C(C)C)no1. The maximum atomic E-state index is 12.3. The van der Waals surface area contributed by atoms with Gasteiger partial charge in [-0.25, -0.2) is 4.79 Å². The Bertz CT molecular complexity index is 831. The van der Waals surface area contributed by atoms with Crippen LogP contribution in [0.2, 0.25) is 0 Å². The maximum Gasteiger partial charge on any atom is 0.344 e. The number of hydrogen-bond acceptors (Lipinski definition) is 8. The standard InChI is InChI=1S/C17H19N3O7/c1-10(2)16(17(22)18-14-8-11(3)27-19-14)26-15(21)9-25-13-7-5-4-6-12(13)20(23)24/h4-8,10,16H,9H2,1-3H3,(H,18,19,22)/t16-/m0/s1. The largest absolute Gasteiger partial charge is 0.475 e. The fourth-order valence-electron chi connectivity index (χ4n) is 2.16. The molecule has 1 amide bonds. The van der Waals surface area contributed by atoms with E-state index in [4.69, 9.17) is 14.0 Å². The predicted octanol–water partition coefficient (Wildman–Crippen LogP) is 2.48. The zero-order valence-corrected chi connectivity index (χ0v) is 15.0. The van der Waals surface area contributed by atoms with Crippen LogP contribution in [0, 0.1) is 23.0 Å². The van der Waals surface area contributed by atoms with E-state index < -0.39 is 29.5 Å². The highest BCUT2D eigenvalue weighted by Crippen LogP contribution is 2.25. The zero-order chi connectivity index (χ0) is 20.0. The summed E-state index contributed by atoms with van der Waals surface area (Å²) in [5.74, 6) is -1.08. The number of benzene rings is 1. The van der Waals surface area contributed by atoms with E-state index >= 15 is 0 Å². The van der Waals surface area contributed by atoms with Crippen molar-refractivity contribution in [3.8, 4) is 5.75 Å². The van der Waals surface area contributed by atoms with Gasteiger partial charge in [0.05, 0.1) is 4.92 Å². The van der Waals surface area contributed by atoms with Gasteiger partial charge in [0.25, 0.3) is 5.91 Å². The summed E-state index contributed by atoms with van der Waals surface area (Å²) in [7, 11) is 0. The number of hydrogen-bond donors (Lipinski definition) is 1.